The van der Waals surface area contributed by atoms with Gasteiger partial charge in [0, 0.05) is 12.1 Å². The lowest BCUT2D eigenvalue weighted by Crippen LogP contribution is -2.38. The molecule has 0 fully saturated rings. The molecule has 0 saturated carbocycles. The van der Waals surface area contributed by atoms with Crippen LogP contribution < -0.4 is 0 Å². The lowest BCUT2D eigenvalue weighted by atomic mass is 10.0. The van der Waals surface area contributed by atoms with Gasteiger partial charge in [-0.25, -0.2) is 0 Å². The highest BCUT2D eigenvalue weighted by molar-refractivity contribution is 6.53. The molecule has 0 bridgehead atoms. The van der Waals surface area contributed by atoms with Gasteiger partial charge in [-0.05, 0) is 30.2 Å². The van der Waals surface area contributed by atoms with Crippen molar-refractivity contribution in [3.05, 3.63) is 66.2 Å². The average Bonchev–Trinajstić information content (AvgIpc) is 2.46. The van der Waals surface area contributed by atoms with Crippen molar-refractivity contribution >= 4 is 12.9 Å². The summed E-state index contributed by atoms with van der Waals surface area (Å²) in [6.45, 7) is 1.51. The van der Waals surface area contributed by atoms with E-state index in [0.29, 0.717) is 5.56 Å². The van der Waals surface area contributed by atoms with Gasteiger partial charge >= 0.3 is 12.9 Å². The summed E-state index contributed by atoms with van der Waals surface area (Å²) in [6.07, 6.45) is 1.96. The third kappa shape index (κ3) is 3.10. The van der Waals surface area contributed by atoms with Crippen molar-refractivity contribution in [1.82, 2.24) is 0 Å². The van der Waals surface area contributed by atoms with Crippen LogP contribution in [0.2, 0.25) is 0 Å². The van der Waals surface area contributed by atoms with Gasteiger partial charge < -0.3 is 17.9 Å². The monoisotopic (exact) mass is 286 g/mol. The Bertz CT molecular complexity index is 654. The summed E-state index contributed by atoms with van der Waals surface area (Å²) in [7, 11) is -4.27. The second-order valence-corrected chi connectivity index (χ2v) is 4.85. The SMILES string of the molecule is CC1[C+]=C(c2ccc(-c3ccccc3)cc2)O[B-](F)(F)O1. The first-order valence-electron chi connectivity index (χ1n) is 6.70. The summed E-state index contributed by atoms with van der Waals surface area (Å²) in [5.74, 6) is 0.0401. The van der Waals surface area contributed by atoms with Gasteiger partial charge in [-0.3, -0.25) is 0 Å². The highest BCUT2D eigenvalue weighted by atomic mass is 19.3. The molecule has 0 aromatic heterocycles. The fourth-order valence-electron chi connectivity index (χ4n) is 2.25. The Hall–Kier alpha value is -2.23. The van der Waals surface area contributed by atoms with E-state index < -0.39 is 13.2 Å². The summed E-state index contributed by atoms with van der Waals surface area (Å²) >= 11 is 0. The third-order valence-electron chi connectivity index (χ3n) is 3.21. The van der Waals surface area contributed by atoms with E-state index in [1.54, 1.807) is 12.1 Å². The minimum absolute atomic E-state index is 0.0401. The molecule has 1 heterocycles. The Balaban J connectivity index is 1.88. The predicted molar refractivity (Wildman–Crippen MR) is 78.1 cm³/mol. The molecular weight excluding hydrogens is 273 g/mol. The van der Waals surface area contributed by atoms with E-state index in [4.69, 9.17) is 0 Å². The molecule has 5 heteroatoms. The second kappa shape index (κ2) is 5.28. The first-order chi connectivity index (χ1) is 10.0. The highest BCUT2D eigenvalue weighted by Gasteiger charge is 2.41. The summed E-state index contributed by atoms with van der Waals surface area (Å²) in [5.41, 5.74) is 2.64. The van der Waals surface area contributed by atoms with Gasteiger partial charge in [0.15, 0.2) is 11.7 Å². The Labute approximate surface area is 122 Å². The van der Waals surface area contributed by atoms with Crippen LogP contribution in [0.1, 0.15) is 12.5 Å². The molecule has 1 aliphatic rings. The van der Waals surface area contributed by atoms with Gasteiger partial charge in [-0.1, -0.05) is 30.3 Å². The molecule has 0 spiro atoms. The van der Waals surface area contributed by atoms with E-state index in [1.165, 1.54) is 6.92 Å². The largest absolute Gasteiger partial charge is 0.668 e. The highest BCUT2D eigenvalue weighted by Crippen LogP contribution is 2.30. The van der Waals surface area contributed by atoms with Gasteiger partial charge in [-0.2, -0.15) is 0 Å². The van der Waals surface area contributed by atoms with E-state index in [1.807, 2.05) is 42.5 Å². The maximum atomic E-state index is 13.3. The summed E-state index contributed by atoms with van der Waals surface area (Å²) in [5, 5.41) is 0. The van der Waals surface area contributed by atoms with E-state index in [0.717, 1.165) is 11.1 Å². The van der Waals surface area contributed by atoms with Crippen molar-refractivity contribution in [2.24, 2.45) is 0 Å². The van der Waals surface area contributed by atoms with Crippen LogP contribution in [0.3, 0.4) is 0 Å². The molecule has 1 unspecified atom stereocenters. The molecule has 1 aliphatic heterocycles. The number of hydrogen-bond donors (Lipinski definition) is 0. The van der Waals surface area contributed by atoms with Gasteiger partial charge in [0.05, 0.1) is 0 Å². The van der Waals surface area contributed by atoms with E-state index in [9.17, 15) is 8.63 Å². The molecule has 2 nitrogen and oxygen atoms in total. The second-order valence-electron chi connectivity index (χ2n) is 4.85. The van der Waals surface area contributed by atoms with Crippen molar-refractivity contribution in [1.29, 1.82) is 0 Å². The van der Waals surface area contributed by atoms with Crippen LogP contribution in [0.4, 0.5) is 8.63 Å². The number of benzene rings is 2. The molecule has 2 aromatic carbocycles. The maximum Gasteiger partial charge on any atom is 0.668 e. The molecule has 0 aliphatic carbocycles. The van der Waals surface area contributed by atoms with Crippen LogP contribution in [0.25, 0.3) is 16.9 Å². The zero-order valence-electron chi connectivity index (χ0n) is 11.4. The van der Waals surface area contributed by atoms with Crippen molar-refractivity contribution in [3.8, 4) is 11.1 Å². The van der Waals surface area contributed by atoms with Crippen LogP contribution in [0.15, 0.2) is 54.6 Å². The molecule has 3 rings (SSSR count). The summed E-state index contributed by atoms with van der Waals surface area (Å²) in [6, 6.07) is 17.1. The topological polar surface area (TPSA) is 18.5 Å². The van der Waals surface area contributed by atoms with Crippen LogP contribution >= 0.6 is 0 Å². The molecule has 0 amide bonds. The van der Waals surface area contributed by atoms with Gasteiger partial charge in [0.25, 0.3) is 0 Å². The molecule has 2 aromatic rings. The molecule has 1 atom stereocenters. The molecule has 0 N–H and O–H groups in total. The molecule has 0 radical (unpaired) electrons. The summed E-state index contributed by atoms with van der Waals surface area (Å²) < 4.78 is 35.6. The Morgan fingerprint density at radius 1 is 0.905 bits per heavy atom. The predicted octanol–water partition coefficient (Wildman–Crippen LogP) is 4.31. The van der Waals surface area contributed by atoms with Gasteiger partial charge in [-0.15, -0.1) is 0 Å². The molecule has 0 saturated heterocycles. The lowest BCUT2D eigenvalue weighted by Gasteiger charge is -2.29. The van der Waals surface area contributed by atoms with Gasteiger partial charge in [0.2, 0.25) is 0 Å². The van der Waals surface area contributed by atoms with Crippen LogP contribution in [-0.2, 0) is 9.31 Å². The minimum atomic E-state index is -4.27. The first-order valence-corrected chi connectivity index (χ1v) is 6.70. The fraction of sp³-hybridized carbons (Fsp3) is 0.125. The fourth-order valence-corrected chi connectivity index (χ4v) is 2.25. The zero-order valence-corrected chi connectivity index (χ0v) is 11.4. The van der Waals surface area contributed by atoms with Crippen molar-refractivity contribution in [3.63, 3.8) is 0 Å². The Morgan fingerprint density at radius 2 is 1.48 bits per heavy atom. The average molecular weight is 286 g/mol. The van der Waals surface area contributed by atoms with E-state index in [-0.39, 0.29) is 5.76 Å². The smallest absolute Gasteiger partial charge is 0.601 e. The van der Waals surface area contributed by atoms with Crippen molar-refractivity contribution < 1.29 is 17.9 Å². The third-order valence-corrected chi connectivity index (χ3v) is 3.21. The van der Waals surface area contributed by atoms with E-state index >= 15 is 0 Å². The van der Waals surface area contributed by atoms with Crippen LogP contribution in [0, 0.1) is 6.08 Å². The van der Waals surface area contributed by atoms with Crippen LogP contribution in [-0.4, -0.2) is 13.2 Å². The lowest BCUT2D eigenvalue weighted by molar-refractivity contribution is 0.0905. The van der Waals surface area contributed by atoms with Crippen LogP contribution in [0.5, 0.6) is 0 Å². The minimum Gasteiger partial charge on any atom is -0.601 e. The maximum absolute atomic E-state index is 13.3. The zero-order chi connectivity index (χ0) is 14.9. The molecule has 21 heavy (non-hydrogen) atoms. The van der Waals surface area contributed by atoms with Gasteiger partial charge in [0.1, 0.15) is 6.08 Å². The Morgan fingerprint density at radius 3 is 2.10 bits per heavy atom. The molecular formula is C16H13BF2O2. The normalized spacial score (nSPS) is 20.1. The quantitative estimate of drug-likeness (QED) is 0.605. The first kappa shape index (κ1) is 13.7. The number of rotatable bonds is 2. The molecule has 106 valence electrons. The number of hydrogen-bond acceptors (Lipinski definition) is 2. The Kier molecular flexibility index (Phi) is 3.46. The van der Waals surface area contributed by atoms with Crippen molar-refractivity contribution in [2.75, 3.05) is 0 Å². The standard InChI is InChI=1S/C16H13BF2O2/c1-12-11-16(21-17(18,19)20-12)15-9-7-14(8-10-15)13-5-3-2-4-6-13/h2-10,12H,1H3. The van der Waals surface area contributed by atoms with Crippen molar-refractivity contribution in [2.45, 2.75) is 13.0 Å². The van der Waals surface area contributed by atoms with E-state index in [2.05, 4.69) is 15.4 Å². The number of halogens is 2. The summed E-state index contributed by atoms with van der Waals surface area (Å²) in [4.78, 5) is 0.